The molecule has 0 saturated carbocycles. The Morgan fingerprint density at radius 2 is 1.81 bits per heavy atom. The van der Waals surface area contributed by atoms with E-state index in [9.17, 15) is 0 Å². The Bertz CT molecular complexity index is 240. The van der Waals surface area contributed by atoms with E-state index in [4.69, 9.17) is 4.74 Å². The topological polar surface area (TPSA) is 48.9 Å². The van der Waals surface area contributed by atoms with Crippen LogP contribution < -0.4 is 10.6 Å². The van der Waals surface area contributed by atoms with Gasteiger partial charge in [-0.1, -0.05) is 20.3 Å². The van der Waals surface area contributed by atoms with Gasteiger partial charge in [0, 0.05) is 39.4 Å². The van der Waals surface area contributed by atoms with E-state index in [2.05, 4.69) is 48.3 Å². The van der Waals surface area contributed by atoms with E-state index in [0.29, 0.717) is 0 Å². The van der Waals surface area contributed by atoms with Gasteiger partial charge in [-0.25, -0.2) is 0 Å². The van der Waals surface area contributed by atoms with Crippen LogP contribution >= 0.6 is 24.0 Å². The molecule has 0 aliphatic rings. The van der Waals surface area contributed by atoms with Crippen LogP contribution in [0.25, 0.3) is 0 Å². The number of nitrogens with zero attached hydrogens (tertiary/aromatic N) is 2. The van der Waals surface area contributed by atoms with Gasteiger partial charge in [0.1, 0.15) is 0 Å². The summed E-state index contributed by atoms with van der Waals surface area (Å²) < 4.78 is 5.53. The third-order valence-electron chi connectivity index (χ3n) is 3.03. The molecule has 0 amide bonds. The number of hydrogen-bond acceptors (Lipinski definition) is 3. The van der Waals surface area contributed by atoms with Crippen LogP contribution in [0.5, 0.6) is 0 Å². The molecule has 0 aromatic carbocycles. The number of hydrogen-bond donors (Lipinski definition) is 2. The lowest BCUT2D eigenvalue weighted by Crippen LogP contribution is -2.41. The van der Waals surface area contributed by atoms with Crippen molar-refractivity contribution in [2.75, 3.05) is 53.0 Å². The van der Waals surface area contributed by atoms with E-state index < -0.39 is 0 Å². The molecule has 2 N–H and O–H groups in total. The zero-order valence-corrected chi connectivity index (χ0v) is 16.6. The predicted molar refractivity (Wildman–Crippen MR) is 103 cm³/mol. The standard InChI is InChI=1S/C15H34N4O.HI/c1-5-8-13-20-14-9-10-17-15(16-6-2)18-11-12-19(4)7-3;/h5-14H2,1-4H3,(H2,16,17,18);1H. The number of likely N-dealkylation sites (N-methyl/N-ethyl adjacent to an activating group) is 1. The number of unbranched alkanes of at least 4 members (excludes halogenated alkanes) is 1. The average Bonchev–Trinajstić information content (AvgIpc) is 2.46. The highest BCUT2D eigenvalue weighted by Gasteiger charge is 1.98. The first-order valence-electron chi connectivity index (χ1n) is 8.03. The van der Waals surface area contributed by atoms with Gasteiger partial charge < -0.3 is 20.3 Å². The molecule has 0 unspecified atom stereocenters. The van der Waals surface area contributed by atoms with Crippen molar-refractivity contribution in [3.05, 3.63) is 0 Å². The molecule has 0 rings (SSSR count). The van der Waals surface area contributed by atoms with Crippen LogP contribution in [-0.4, -0.2) is 63.8 Å². The molecule has 0 radical (unpaired) electrons. The number of nitrogens with one attached hydrogen (secondary N) is 2. The largest absolute Gasteiger partial charge is 0.381 e. The Kier molecular flexibility index (Phi) is 19.8. The van der Waals surface area contributed by atoms with E-state index in [0.717, 1.165) is 64.7 Å². The number of aliphatic imine (C=N–C) groups is 1. The van der Waals surface area contributed by atoms with E-state index in [1.807, 2.05) is 0 Å². The summed E-state index contributed by atoms with van der Waals surface area (Å²) in [7, 11) is 2.12. The average molecular weight is 414 g/mol. The van der Waals surface area contributed by atoms with Crippen LogP contribution in [0.1, 0.15) is 40.0 Å². The first-order valence-corrected chi connectivity index (χ1v) is 8.03. The van der Waals surface area contributed by atoms with Crippen molar-refractivity contribution in [2.24, 2.45) is 4.99 Å². The molecule has 0 saturated heterocycles. The third-order valence-corrected chi connectivity index (χ3v) is 3.03. The molecular formula is C15H35IN4O. The van der Waals surface area contributed by atoms with E-state index in [1.54, 1.807) is 0 Å². The molecule has 0 heterocycles. The number of ether oxygens (including phenoxy) is 1. The van der Waals surface area contributed by atoms with Gasteiger partial charge in [-0.3, -0.25) is 4.99 Å². The maximum Gasteiger partial charge on any atom is 0.191 e. The van der Waals surface area contributed by atoms with Crippen LogP contribution in [0.3, 0.4) is 0 Å². The number of halogens is 1. The fraction of sp³-hybridized carbons (Fsp3) is 0.933. The molecule has 128 valence electrons. The Hall–Kier alpha value is -0.0800. The molecule has 0 aliphatic carbocycles. The van der Waals surface area contributed by atoms with Crippen molar-refractivity contribution in [1.82, 2.24) is 15.5 Å². The monoisotopic (exact) mass is 414 g/mol. The second-order valence-electron chi connectivity index (χ2n) is 4.90. The van der Waals surface area contributed by atoms with Crippen molar-refractivity contribution in [2.45, 2.75) is 40.0 Å². The quantitative estimate of drug-likeness (QED) is 0.223. The number of rotatable bonds is 12. The van der Waals surface area contributed by atoms with E-state index in [1.165, 1.54) is 6.42 Å². The highest BCUT2D eigenvalue weighted by Crippen LogP contribution is 1.90. The van der Waals surface area contributed by atoms with Gasteiger partial charge in [-0.2, -0.15) is 0 Å². The maximum absolute atomic E-state index is 5.53. The summed E-state index contributed by atoms with van der Waals surface area (Å²) in [5.74, 6) is 0.908. The highest BCUT2D eigenvalue weighted by molar-refractivity contribution is 14.0. The van der Waals surface area contributed by atoms with Crippen molar-refractivity contribution < 1.29 is 4.74 Å². The molecule has 0 aromatic heterocycles. The lowest BCUT2D eigenvalue weighted by atomic mass is 10.4. The summed E-state index contributed by atoms with van der Waals surface area (Å²) in [6, 6.07) is 0. The molecule has 0 fully saturated rings. The van der Waals surface area contributed by atoms with E-state index >= 15 is 0 Å². The molecular weight excluding hydrogens is 379 g/mol. The minimum Gasteiger partial charge on any atom is -0.381 e. The van der Waals surface area contributed by atoms with Crippen LogP contribution in [0.4, 0.5) is 0 Å². The van der Waals surface area contributed by atoms with Crippen molar-refractivity contribution in [3.63, 3.8) is 0 Å². The van der Waals surface area contributed by atoms with Crippen LogP contribution in [-0.2, 0) is 4.74 Å². The Morgan fingerprint density at radius 3 is 2.43 bits per heavy atom. The Morgan fingerprint density at radius 1 is 1.10 bits per heavy atom. The Labute approximate surface area is 148 Å². The van der Waals surface area contributed by atoms with Crippen molar-refractivity contribution >= 4 is 29.9 Å². The Balaban J connectivity index is 0. The summed E-state index contributed by atoms with van der Waals surface area (Å²) in [5.41, 5.74) is 0. The zero-order chi connectivity index (χ0) is 15.1. The van der Waals surface area contributed by atoms with E-state index in [-0.39, 0.29) is 24.0 Å². The van der Waals surface area contributed by atoms with Crippen LogP contribution in [0.2, 0.25) is 0 Å². The molecule has 5 nitrogen and oxygen atoms in total. The lowest BCUT2D eigenvalue weighted by molar-refractivity contribution is 0.130. The molecule has 6 heteroatoms. The second-order valence-corrected chi connectivity index (χ2v) is 4.90. The van der Waals surface area contributed by atoms with Crippen molar-refractivity contribution in [3.8, 4) is 0 Å². The van der Waals surface area contributed by atoms with Gasteiger partial charge in [0.2, 0.25) is 0 Å². The molecule has 0 atom stereocenters. The zero-order valence-electron chi connectivity index (χ0n) is 14.3. The summed E-state index contributed by atoms with van der Waals surface area (Å²) in [6.45, 7) is 12.8. The second kappa shape index (κ2) is 18.0. The van der Waals surface area contributed by atoms with Crippen LogP contribution in [0.15, 0.2) is 4.99 Å². The van der Waals surface area contributed by atoms with Gasteiger partial charge in [0.25, 0.3) is 0 Å². The first-order chi connectivity index (χ1) is 9.74. The molecule has 21 heavy (non-hydrogen) atoms. The fourth-order valence-corrected chi connectivity index (χ4v) is 1.57. The maximum atomic E-state index is 5.53. The minimum absolute atomic E-state index is 0. The van der Waals surface area contributed by atoms with Gasteiger partial charge in [0.05, 0.1) is 0 Å². The third kappa shape index (κ3) is 16.1. The predicted octanol–water partition coefficient (Wildman–Crippen LogP) is 2.32. The molecule has 0 aliphatic heterocycles. The SMILES string of the molecule is CCCCOCCCN=C(NCC)NCCN(C)CC.I. The summed E-state index contributed by atoms with van der Waals surface area (Å²) in [6.07, 6.45) is 3.33. The molecule has 0 aromatic rings. The molecule has 0 spiro atoms. The highest BCUT2D eigenvalue weighted by atomic mass is 127. The van der Waals surface area contributed by atoms with Gasteiger partial charge in [-0.05, 0) is 33.4 Å². The van der Waals surface area contributed by atoms with Crippen molar-refractivity contribution in [1.29, 1.82) is 0 Å². The smallest absolute Gasteiger partial charge is 0.191 e. The lowest BCUT2D eigenvalue weighted by Gasteiger charge is -2.16. The summed E-state index contributed by atoms with van der Waals surface area (Å²) in [5, 5.41) is 6.62. The summed E-state index contributed by atoms with van der Waals surface area (Å²) >= 11 is 0. The van der Waals surface area contributed by atoms with Gasteiger partial charge in [0.15, 0.2) is 5.96 Å². The first kappa shape index (κ1) is 23.2. The van der Waals surface area contributed by atoms with Gasteiger partial charge >= 0.3 is 0 Å². The van der Waals surface area contributed by atoms with Gasteiger partial charge in [-0.15, -0.1) is 24.0 Å². The normalized spacial score (nSPS) is 11.4. The molecule has 0 bridgehead atoms. The summed E-state index contributed by atoms with van der Waals surface area (Å²) in [4.78, 5) is 6.83. The van der Waals surface area contributed by atoms with Crippen LogP contribution in [0, 0.1) is 0 Å². The minimum atomic E-state index is 0. The number of guanidine groups is 1. The fourth-order valence-electron chi connectivity index (χ4n) is 1.57.